The van der Waals surface area contributed by atoms with E-state index in [1.54, 1.807) is 0 Å². The molecule has 0 saturated heterocycles. The molecule has 1 N–H and O–H groups in total. The quantitative estimate of drug-likeness (QED) is 0.856. The number of hydrogen-bond acceptors (Lipinski definition) is 5. The van der Waals surface area contributed by atoms with E-state index in [-0.39, 0.29) is 5.82 Å². The van der Waals surface area contributed by atoms with Gasteiger partial charge in [0.05, 0.1) is 7.11 Å². The van der Waals surface area contributed by atoms with Crippen molar-refractivity contribution in [1.82, 2.24) is 9.97 Å². The van der Waals surface area contributed by atoms with Crippen molar-refractivity contribution in [3.05, 3.63) is 53.5 Å². The van der Waals surface area contributed by atoms with E-state index in [1.165, 1.54) is 12.7 Å². The molecule has 5 heteroatoms. The van der Waals surface area contributed by atoms with Crippen LogP contribution < -0.4 is 5.32 Å². The van der Waals surface area contributed by atoms with Gasteiger partial charge in [-0.3, -0.25) is 0 Å². The minimum atomic E-state index is -0.530. The summed E-state index contributed by atoms with van der Waals surface area (Å²) in [4.78, 5) is 19.7. The van der Waals surface area contributed by atoms with Crippen molar-refractivity contribution in [3.63, 3.8) is 0 Å². The lowest BCUT2D eigenvalue weighted by molar-refractivity contribution is 0.0586. The third-order valence-corrected chi connectivity index (χ3v) is 3.18. The smallest absolute Gasteiger partial charge is 0.376 e. The van der Waals surface area contributed by atoms with Crippen LogP contribution in [-0.4, -0.2) is 29.6 Å². The molecular formula is C16H19N3O2. The van der Waals surface area contributed by atoms with Gasteiger partial charge in [-0.25, -0.2) is 14.8 Å². The van der Waals surface area contributed by atoms with Crippen LogP contribution in [0.15, 0.2) is 36.4 Å². The lowest BCUT2D eigenvalue weighted by Gasteiger charge is -2.14. The second-order valence-electron chi connectivity index (χ2n) is 4.90. The Hall–Kier alpha value is -2.43. The highest BCUT2D eigenvalue weighted by atomic mass is 16.5. The Bertz CT molecular complexity index is 614. The lowest BCUT2D eigenvalue weighted by Crippen LogP contribution is -2.14. The van der Waals surface area contributed by atoms with Crippen molar-refractivity contribution in [2.45, 2.75) is 19.8 Å². The van der Waals surface area contributed by atoms with Crippen LogP contribution in [0.5, 0.6) is 0 Å². The van der Waals surface area contributed by atoms with Crippen molar-refractivity contribution < 1.29 is 9.53 Å². The van der Waals surface area contributed by atoms with Crippen LogP contribution in [0.2, 0.25) is 0 Å². The normalized spacial score (nSPS) is 11.8. The van der Waals surface area contributed by atoms with Gasteiger partial charge in [0.25, 0.3) is 0 Å². The summed E-state index contributed by atoms with van der Waals surface area (Å²) in [6.45, 7) is 4.68. The van der Waals surface area contributed by atoms with Gasteiger partial charge in [-0.15, -0.1) is 0 Å². The molecule has 0 fully saturated rings. The minimum Gasteiger partial charge on any atom is -0.463 e. The summed E-state index contributed by atoms with van der Waals surface area (Å²) in [5, 5.41) is 3.24. The third kappa shape index (κ3) is 4.02. The van der Waals surface area contributed by atoms with Gasteiger partial charge in [0.1, 0.15) is 5.82 Å². The van der Waals surface area contributed by atoms with Crippen molar-refractivity contribution in [1.29, 1.82) is 0 Å². The zero-order valence-electron chi connectivity index (χ0n) is 12.5. The SMILES string of the molecule is COC(=O)c1nc(C)cc(NCC(C)c2ccccc2)n1. The van der Waals surface area contributed by atoms with Gasteiger partial charge in [-0.05, 0) is 18.4 Å². The first-order valence-electron chi connectivity index (χ1n) is 6.83. The first kappa shape index (κ1) is 15.0. The molecule has 0 radical (unpaired) electrons. The monoisotopic (exact) mass is 285 g/mol. The first-order chi connectivity index (χ1) is 10.1. The Labute approximate surface area is 124 Å². The number of aryl methyl sites for hydroxylation is 1. The van der Waals surface area contributed by atoms with E-state index < -0.39 is 5.97 Å². The van der Waals surface area contributed by atoms with E-state index in [4.69, 9.17) is 0 Å². The predicted molar refractivity (Wildman–Crippen MR) is 81.5 cm³/mol. The van der Waals surface area contributed by atoms with Gasteiger partial charge in [-0.1, -0.05) is 37.3 Å². The number of aromatic nitrogens is 2. The molecule has 1 heterocycles. The highest BCUT2D eigenvalue weighted by Crippen LogP contribution is 2.15. The summed E-state index contributed by atoms with van der Waals surface area (Å²) in [6, 6.07) is 12.0. The summed E-state index contributed by atoms with van der Waals surface area (Å²) >= 11 is 0. The van der Waals surface area contributed by atoms with Gasteiger partial charge < -0.3 is 10.1 Å². The van der Waals surface area contributed by atoms with Crippen molar-refractivity contribution in [3.8, 4) is 0 Å². The number of anilines is 1. The maximum absolute atomic E-state index is 11.5. The van der Waals surface area contributed by atoms with Crippen molar-refractivity contribution >= 4 is 11.8 Å². The van der Waals surface area contributed by atoms with E-state index in [0.717, 1.165) is 12.2 Å². The lowest BCUT2D eigenvalue weighted by atomic mass is 10.0. The highest BCUT2D eigenvalue weighted by molar-refractivity contribution is 5.85. The number of benzene rings is 1. The fourth-order valence-electron chi connectivity index (χ4n) is 2.00. The van der Waals surface area contributed by atoms with E-state index in [9.17, 15) is 4.79 Å². The topological polar surface area (TPSA) is 64.1 Å². The van der Waals surface area contributed by atoms with Crippen LogP contribution >= 0.6 is 0 Å². The molecule has 2 aromatic rings. The molecule has 0 aliphatic carbocycles. The molecule has 1 aromatic carbocycles. The standard InChI is InChI=1S/C16H19N3O2/c1-11(13-7-5-4-6-8-13)10-17-14-9-12(2)18-15(19-14)16(20)21-3/h4-9,11H,10H2,1-3H3,(H,17,18,19). The Morgan fingerprint density at radius 1 is 1.29 bits per heavy atom. The van der Waals surface area contributed by atoms with E-state index in [0.29, 0.717) is 11.7 Å². The largest absolute Gasteiger partial charge is 0.463 e. The van der Waals surface area contributed by atoms with Crippen molar-refractivity contribution in [2.24, 2.45) is 0 Å². The average molecular weight is 285 g/mol. The average Bonchev–Trinajstić information content (AvgIpc) is 2.52. The van der Waals surface area contributed by atoms with Crippen LogP contribution in [0.3, 0.4) is 0 Å². The Balaban J connectivity index is 2.06. The number of carbonyl (C=O) groups excluding carboxylic acids is 1. The van der Waals surface area contributed by atoms with Gasteiger partial charge in [0, 0.05) is 18.3 Å². The van der Waals surface area contributed by atoms with Crippen LogP contribution in [0, 0.1) is 6.92 Å². The molecule has 0 amide bonds. The molecule has 1 unspecified atom stereocenters. The molecule has 1 atom stereocenters. The second kappa shape index (κ2) is 6.83. The molecule has 110 valence electrons. The molecule has 0 aliphatic rings. The second-order valence-corrected chi connectivity index (χ2v) is 4.90. The van der Waals surface area contributed by atoms with Gasteiger partial charge in [0.2, 0.25) is 5.82 Å². The Morgan fingerprint density at radius 2 is 2.00 bits per heavy atom. The number of carbonyl (C=O) groups is 1. The maximum Gasteiger partial charge on any atom is 0.376 e. The molecule has 0 saturated carbocycles. The number of ether oxygens (including phenoxy) is 1. The van der Waals surface area contributed by atoms with Crippen LogP contribution in [0.4, 0.5) is 5.82 Å². The highest BCUT2D eigenvalue weighted by Gasteiger charge is 2.12. The molecule has 0 spiro atoms. The molecule has 0 aliphatic heterocycles. The first-order valence-corrected chi connectivity index (χ1v) is 6.83. The minimum absolute atomic E-state index is 0.0763. The fraction of sp³-hybridized carbons (Fsp3) is 0.312. The summed E-state index contributed by atoms with van der Waals surface area (Å²) in [5.74, 6) is 0.513. The zero-order valence-corrected chi connectivity index (χ0v) is 12.5. The molecular weight excluding hydrogens is 266 g/mol. The summed E-state index contributed by atoms with van der Waals surface area (Å²) < 4.78 is 4.65. The Morgan fingerprint density at radius 3 is 2.67 bits per heavy atom. The predicted octanol–water partition coefficient (Wildman–Crippen LogP) is 2.79. The Kier molecular flexibility index (Phi) is 4.87. The summed E-state index contributed by atoms with van der Waals surface area (Å²) in [7, 11) is 1.32. The van der Waals surface area contributed by atoms with E-state index in [1.807, 2.05) is 31.2 Å². The van der Waals surface area contributed by atoms with Crippen LogP contribution in [0.1, 0.15) is 34.7 Å². The van der Waals surface area contributed by atoms with Crippen LogP contribution in [0.25, 0.3) is 0 Å². The summed E-state index contributed by atoms with van der Waals surface area (Å²) in [6.07, 6.45) is 0. The van der Waals surface area contributed by atoms with Crippen LogP contribution in [-0.2, 0) is 4.74 Å². The van der Waals surface area contributed by atoms with Gasteiger partial charge >= 0.3 is 5.97 Å². The maximum atomic E-state index is 11.5. The summed E-state index contributed by atoms with van der Waals surface area (Å²) in [5.41, 5.74) is 1.98. The number of hydrogen-bond donors (Lipinski definition) is 1. The number of methoxy groups -OCH3 is 1. The third-order valence-electron chi connectivity index (χ3n) is 3.18. The van der Waals surface area contributed by atoms with Crippen molar-refractivity contribution in [2.75, 3.05) is 19.0 Å². The molecule has 1 aromatic heterocycles. The fourth-order valence-corrected chi connectivity index (χ4v) is 2.00. The van der Waals surface area contributed by atoms with E-state index >= 15 is 0 Å². The number of rotatable bonds is 5. The van der Waals surface area contributed by atoms with E-state index in [2.05, 4.69) is 39.1 Å². The zero-order chi connectivity index (χ0) is 15.2. The number of nitrogens with one attached hydrogen (secondary N) is 1. The number of nitrogens with zero attached hydrogens (tertiary/aromatic N) is 2. The van der Waals surface area contributed by atoms with Gasteiger partial charge in [0.15, 0.2) is 0 Å². The van der Waals surface area contributed by atoms with Gasteiger partial charge in [-0.2, -0.15) is 0 Å². The molecule has 0 bridgehead atoms. The molecule has 2 rings (SSSR count). The number of esters is 1. The molecule has 5 nitrogen and oxygen atoms in total. The molecule has 21 heavy (non-hydrogen) atoms.